The molecule has 0 aromatic rings. The summed E-state index contributed by atoms with van der Waals surface area (Å²) < 4.78 is 0. The number of amides is 1. The second kappa shape index (κ2) is 6.23. The highest BCUT2D eigenvalue weighted by molar-refractivity contribution is 5.84. The van der Waals surface area contributed by atoms with Gasteiger partial charge in [-0.25, -0.2) is 0 Å². The third-order valence-electron chi connectivity index (χ3n) is 4.76. The lowest BCUT2D eigenvalue weighted by molar-refractivity contribution is -0.131. The van der Waals surface area contributed by atoms with Crippen molar-refractivity contribution in [3.05, 3.63) is 0 Å². The fourth-order valence-electron chi connectivity index (χ4n) is 2.91. The molecule has 0 bridgehead atoms. The van der Waals surface area contributed by atoms with Crippen LogP contribution >= 0.6 is 0 Å². The molecular formula is C15H29N3O. The molecule has 0 aromatic heterocycles. The van der Waals surface area contributed by atoms with E-state index in [1.54, 1.807) is 0 Å². The fraction of sp³-hybridized carbons (Fsp3) is 0.933. The van der Waals surface area contributed by atoms with Gasteiger partial charge in [-0.1, -0.05) is 27.2 Å². The molecule has 0 spiro atoms. The summed E-state index contributed by atoms with van der Waals surface area (Å²) in [6.45, 7) is 8.35. The number of hydrogen-bond donors (Lipinski definition) is 1. The Hall–Kier alpha value is -0.610. The minimum atomic E-state index is 0.0289. The van der Waals surface area contributed by atoms with E-state index >= 15 is 0 Å². The van der Waals surface area contributed by atoms with Gasteiger partial charge in [-0.2, -0.15) is 0 Å². The maximum Gasteiger partial charge on any atom is 0.241 e. The summed E-state index contributed by atoms with van der Waals surface area (Å²) in [6.07, 6.45) is 4.94. The molecule has 1 saturated heterocycles. The minimum Gasteiger partial charge on any atom is -0.325 e. The Morgan fingerprint density at radius 1 is 1.42 bits per heavy atom. The largest absolute Gasteiger partial charge is 0.325 e. The molecule has 2 aliphatic rings. The average Bonchev–Trinajstić information content (AvgIpc) is 3.21. The molecule has 1 heterocycles. The lowest BCUT2D eigenvalue weighted by Gasteiger charge is -2.26. The van der Waals surface area contributed by atoms with Gasteiger partial charge in [0.15, 0.2) is 0 Å². The van der Waals surface area contributed by atoms with Crippen molar-refractivity contribution >= 4 is 5.91 Å². The smallest absolute Gasteiger partial charge is 0.241 e. The number of nitrogens with zero attached hydrogens (tertiary/aromatic N) is 2. The van der Waals surface area contributed by atoms with E-state index in [0.717, 1.165) is 32.0 Å². The molecule has 0 radical (unpaired) electrons. The normalized spacial score (nSPS) is 29.3. The van der Waals surface area contributed by atoms with Crippen LogP contribution in [-0.4, -0.2) is 54.1 Å². The van der Waals surface area contributed by atoms with Crippen LogP contribution in [0.3, 0.4) is 0 Å². The topological polar surface area (TPSA) is 35.6 Å². The first-order chi connectivity index (χ1) is 9.08. The van der Waals surface area contributed by atoms with Gasteiger partial charge in [0.25, 0.3) is 0 Å². The molecule has 19 heavy (non-hydrogen) atoms. The predicted octanol–water partition coefficient (Wildman–Crippen LogP) is 1.66. The maximum atomic E-state index is 12.5. The molecule has 3 unspecified atom stereocenters. The van der Waals surface area contributed by atoms with E-state index < -0.39 is 0 Å². The first-order valence-corrected chi connectivity index (χ1v) is 7.85. The van der Waals surface area contributed by atoms with Crippen LogP contribution in [0, 0.1) is 5.92 Å². The molecule has 3 atom stereocenters. The van der Waals surface area contributed by atoms with Crippen LogP contribution in [0.4, 0.5) is 0 Å². The van der Waals surface area contributed by atoms with Crippen molar-refractivity contribution in [1.82, 2.24) is 15.1 Å². The number of hydrogen-bond acceptors (Lipinski definition) is 3. The quantitative estimate of drug-likeness (QED) is 0.762. The van der Waals surface area contributed by atoms with E-state index in [2.05, 4.69) is 42.9 Å². The lowest BCUT2D eigenvalue weighted by atomic mass is 9.99. The van der Waals surface area contributed by atoms with Gasteiger partial charge in [0, 0.05) is 19.1 Å². The Labute approximate surface area is 117 Å². The standard InChI is InChI=1S/C15H29N3O/c1-5-11(3)14-15(19)18(13(6-2)16-14)10-9-17(4)12-7-8-12/h11-14,16H,5-10H2,1-4H3. The summed E-state index contributed by atoms with van der Waals surface area (Å²) in [4.78, 5) is 17.0. The summed E-state index contributed by atoms with van der Waals surface area (Å²) in [6, 6.07) is 0.803. The molecule has 1 saturated carbocycles. The number of nitrogens with one attached hydrogen (secondary N) is 1. The summed E-state index contributed by atoms with van der Waals surface area (Å²) >= 11 is 0. The first kappa shape index (κ1) is 14.8. The zero-order valence-corrected chi connectivity index (χ0v) is 12.9. The average molecular weight is 267 g/mol. The van der Waals surface area contributed by atoms with Crippen LogP contribution in [0.2, 0.25) is 0 Å². The monoisotopic (exact) mass is 267 g/mol. The van der Waals surface area contributed by atoms with E-state index in [-0.39, 0.29) is 12.2 Å². The zero-order valence-electron chi connectivity index (χ0n) is 12.9. The number of likely N-dealkylation sites (N-methyl/N-ethyl adjacent to an activating group) is 1. The van der Waals surface area contributed by atoms with Gasteiger partial charge < -0.3 is 9.80 Å². The van der Waals surface area contributed by atoms with Gasteiger partial charge >= 0.3 is 0 Å². The molecular weight excluding hydrogens is 238 g/mol. The summed E-state index contributed by atoms with van der Waals surface area (Å²) in [5.74, 6) is 0.734. The van der Waals surface area contributed by atoms with Crippen LogP contribution in [0.5, 0.6) is 0 Å². The van der Waals surface area contributed by atoms with E-state index in [0.29, 0.717) is 11.8 Å². The maximum absolute atomic E-state index is 12.5. The predicted molar refractivity (Wildman–Crippen MR) is 77.8 cm³/mol. The van der Waals surface area contributed by atoms with Crippen LogP contribution in [0.25, 0.3) is 0 Å². The zero-order chi connectivity index (χ0) is 14.0. The molecule has 1 aliphatic heterocycles. The van der Waals surface area contributed by atoms with Crippen molar-refractivity contribution in [1.29, 1.82) is 0 Å². The van der Waals surface area contributed by atoms with Crippen molar-refractivity contribution in [2.45, 2.75) is 64.7 Å². The van der Waals surface area contributed by atoms with Crippen molar-refractivity contribution in [2.75, 3.05) is 20.1 Å². The van der Waals surface area contributed by atoms with Crippen molar-refractivity contribution in [3.8, 4) is 0 Å². The van der Waals surface area contributed by atoms with E-state index in [9.17, 15) is 4.79 Å². The van der Waals surface area contributed by atoms with Crippen LogP contribution in [-0.2, 0) is 4.79 Å². The Balaban J connectivity index is 1.91. The Morgan fingerprint density at radius 2 is 2.11 bits per heavy atom. The lowest BCUT2D eigenvalue weighted by Crippen LogP contribution is -2.41. The molecule has 1 amide bonds. The van der Waals surface area contributed by atoms with Gasteiger partial charge in [-0.3, -0.25) is 10.1 Å². The van der Waals surface area contributed by atoms with Gasteiger partial charge in [0.05, 0.1) is 12.2 Å². The Kier molecular flexibility index (Phi) is 4.85. The number of carbonyl (C=O) groups excluding carboxylic acids is 1. The number of carbonyl (C=O) groups is 1. The van der Waals surface area contributed by atoms with Crippen LogP contribution < -0.4 is 5.32 Å². The molecule has 1 aliphatic carbocycles. The van der Waals surface area contributed by atoms with E-state index in [4.69, 9.17) is 0 Å². The van der Waals surface area contributed by atoms with Crippen LogP contribution in [0.1, 0.15) is 46.5 Å². The van der Waals surface area contributed by atoms with Crippen LogP contribution in [0.15, 0.2) is 0 Å². The summed E-state index contributed by atoms with van der Waals surface area (Å²) in [5, 5.41) is 3.52. The molecule has 4 nitrogen and oxygen atoms in total. The highest BCUT2D eigenvalue weighted by Gasteiger charge is 2.40. The first-order valence-electron chi connectivity index (χ1n) is 7.85. The molecule has 2 fully saturated rings. The van der Waals surface area contributed by atoms with Gasteiger partial charge in [0.1, 0.15) is 0 Å². The second-order valence-corrected chi connectivity index (χ2v) is 6.20. The molecule has 4 heteroatoms. The minimum absolute atomic E-state index is 0.0289. The van der Waals surface area contributed by atoms with Crippen molar-refractivity contribution < 1.29 is 4.79 Å². The third-order valence-corrected chi connectivity index (χ3v) is 4.76. The Morgan fingerprint density at radius 3 is 2.63 bits per heavy atom. The second-order valence-electron chi connectivity index (χ2n) is 6.20. The van der Waals surface area contributed by atoms with Crippen molar-refractivity contribution in [2.24, 2.45) is 5.92 Å². The third kappa shape index (κ3) is 3.29. The van der Waals surface area contributed by atoms with Crippen molar-refractivity contribution in [3.63, 3.8) is 0 Å². The van der Waals surface area contributed by atoms with Gasteiger partial charge in [-0.05, 0) is 32.2 Å². The SMILES string of the molecule is CCC(C)C1NC(CC)N(CCN(C)C2CC2)C1=O. The molecule has 110 valence electrons. The molecule has 2 rings (SSSR count). The Bertz CT molecular complexity index is 317. The van der Waals surface area contributed by atoms with E-state index in [1.807, 2.05) is 0 Å². The summed E-state index contributed by atoms with van der Waals surface area (Å²) in [5.41, 5.74) is 0. The molecule has 0 aromatic carbocycles. The van der Waals surface area contributed by atoms with Gasteiger partial charge in [0.2, 0.25) is 5.91 Å². The number of rotatable bonds is 7. The fourth-order valence-corrected chi connectivity index (χ4v) is 2.91. The molecule has 1 N–H and O–H groups in total. The summed E-state index contributed by atoms with van der Waals surface area (Å²) in [7, 11) is 2.18. The van der Waals surface area contributed by atoms with E-state index in [1.165, 1.54) is 12.8 Å². The van der Waals surface area contributed by atoms with Gasteiger partial charge in [-0.15, -0.1) is 0 Å². The highest BCUT2D eigenvalue weighted by atomic mass is 16.2. The highest BCUT2D eigenvalue weighted by Crippen LogP contribution is 2.26.